The van der Waals surface area contributed by atoms with Gasteiger partial charge in [0, 0.05) is 37.7 Å². The number of aliphatic hydroxyl groups excluding tert-OH is 1. The number of para-hydroxylation sites is 2. The van der Waals surface area contributed by atoms with Gasteiger partial charge in [0.15, 0.2) is 6.29 Å². The van der Waals surface area contributed by atoms with Gasteiger partial charge in [-0.25, -0.2) is 4.98 Å². The molecule has 240 valence electrons. The van der Waals surface area contributed by atoms with Gasteiger partial charge in [-0.2, -0.15) is 0 Å². The highest BCUT2D eigenvalue weighted by molar-refractivity contribution is 5.93. The van der Waals surface area contributed by atoms with Gasteiger partial charge in [-0.1, -0.05) is 81.4 Å². The van der Waals surface area contributed by atoms with Gasteiger partial charge in [-0.05, 0) is 58.9 Å². The van der Waals surface area contributed by atoms with Crippen molar-refractivity contribution < 1.29 is 19.4 Å². The van der Waals surface area contributed by atoms with E-state index in [-0.39, 0.29) is 24.7 Å². The largest absolute Gasteiger partial charge is 0.392 e. The minimum absolute atomic E-state index is 0.0219. The first-order chi connectivity index (χ1) is 22.1. The lowest BCUT2D eigenvalue weighted by Gasteiger charge is -2.41. The Morgan fingerprint density at radius 1 is 0.935 bits per heavy atom. The van der Waals surface area contributed by atoms with Crippen LogP contribution in [0.15, 0.2) is 79.0 Å². The molecule has 3 fully saturated rings. The fourth-order valence-electron chi connectivity index (χ4n) is 8.22. The van der Waals surface area contributed by atoms with Gasteiger partial charge in [0.05, 0.1) is 36.0 Å². The Morgan fingerprint density at radius 3 is 2.41 bits per heavy atom. The van der Waals surface area contributed by atoms with Crippen LogP contribution in [0.1, 0.15) is 91.6 Å². The smallest absolute Gasteiger partial charge is 0.271 e. The van der Waals surface area contributed by atoms with Crippen LogP contribution in [0.2, 0.25) is 0 Å². The number of nitrogens with one attached hydrogen (secondary N) is 1. The van der Waals surface area contributed by atoms with Crippen LogP contribution in [0.25, 0.3) is 11.0 Å². The minimum atomic E-state index is -0.508. The number of likely N-dealkylation sites (tertiary alicyclic amines) is 1. The van der Waals surface area contributed by atoms with Gasteiger partial charge in [-0.3, -0.25) is 14.7 Å². The number of hydrogen-bond donors (Lipinski definition) is 2. The maximum atomic E-state index is 12.8. The summed E-state index contributed by atoms with van der Waals surface area (Å²) in [4.78, 5) is 24.3. The molecule has 5 atom stereocenters. The van der Waals surface area contributed by atoms with Crippen LogP contribution in [0.4, 0.5) is 0 Å². The van der Waals surface area contributed by atoms with Crippen LogP contribution >= 0.6 is 0 Å². The number of rotatable bonds is 8. The molecular formula is C38H44N4O4. The molecule has 0 radical (unpaired) electrons. The quantitative estimate of drug-likeness (QED) is 0.232. The fourth-order valence-corrected chi connectivity index (χ4v) is 8.22. The summed E-state index contributed by atoms with van der Waals surface area (Å²) in [5.41, 5.74) is 6.38. The second-order valence-corrected chi connectivity index (χ2v) is 14.7. The first-order valence-corrected chi connectivity index (χ1v) is 16.5. The molecule has 1 amide bonds. The molecule has 2 N–H and O–H groups in total. The molecular weight excluding hydrogens is 576 g/mol. The molecule has 2 saturated heterocycles. The SMILES string of the molecule is CC1(C)CC2CC(C)(CN2CC2CC(c3ccc(CO)cc3)OC(c3ccc(CNC(=O)c4cnc5ccccc5n4)cc3)O2)C1. The summed E-state index contributed by atoms with van der Waals surface area (Å²) in [7, 11) is 0. The number of aliphatic hydroxyl groups is 1. The minimum Gasteiger partial charge on any atom is -0.392 e. The highest BCUT2D eigenvalue weighted by Gasteiger charge is 2.50. The first-order valence-electron chi connectivity index (χ1n) is 16.5. The number of amides is 1. The topological polar surface area (TPSA) is 96.8 Å². The number of aromatic nitrogens is 2. The van der Waals surface area contributed by atoms with Crippen molar-refractivity contribution in [3.8, 4) is 0 Å². The van der Waals surface area contributed by atoms with Crippen LogP contribution in [0, 0.1) is 10.8 Å². The lowest BCUT2D eigenvalue weighted by atomic mass is 9.65. The fraction of sp³-hybridized carbons (Fsp3) is 0.447. The average molecular weight is 621 g/mol. The summed E-state index contributed by atoms with van der Waals surface area (Å²) in [5, 5.41) is 12.5. The van der Waals surface area contributed by atoms with Crippen LogP contribution in [0.5, 0.6) is 0 Å². The number of benzene rings is 3. The van der Waals surface area contributed by atoms with E-state index in [0.29, 0.717) is 34.6 Å². The molecule has 5 unspecified atom stereocenters. The van der Waals surface area contributed by atoms with Gasteiger partial charge in [0.25, 0.3) is 5.91 Å². The van der Waals surface area contributed by atoms with Crippen LogP contribution in [0.3, 0.4) is 0 Å². The van der Waals surface area contributed by atoms with E-state index in [1.807, 2.05) is 60.7 Å². The van der Waals surface area contributed by atoms with Crippen molar-refractivity contribution in [3.05, 3.63) is 107 Å². The molecule has 2 bridgehead atoms. The summed E-state index contributed by atoms with van der Waals surface area (Å²) in [5.74, 6) is -0.261. The molecule has 8 nitrogen and oxygen atoms in total. The van der Waals surface area contributed by atoms with Crippen molar-refractivity contribution in [2.24, 2.45) is 10.8 Å². The molecule has 1 aromatic heterocycles. The molecule has 8 heteroatoms. The summed E-state index contributed by atoms with van der Waals surface area (Å²) < 4.78 is 13.3. The zero-order valence-electron chi connectivity index (χ0n) is 27.0. The Kier molecular flexibility index (Phi) is 8.40. The second-order valence-electron chi connectivity index (χ2n) is 14.7. The van der Waals surface area contributed by atoms with E-state index in [1.54, 1.807) is 0 Å². The molecule has 1 saturated carbocycles. The number of carbonyl (C=O) groups excluding carboxylic acids is 1. The van der Waals surface area contributed by atoms with Crippen molar-refractivity contribution in [1.82, 2.24) is 20.2 Å². The zero-order valence-corrected chi connectivity index (χ0v) is 27.0. The number of hydrogen-bond acceptors (Lipinski definition) is 7. The van der Waals surface area contributed by atoms with Gasteiger partial charge in [0.1, 0.15) is 5.69 Å². The van der Waals surface area contributed by atoms with Gasteiger partial charge < -0.3 is 19.9 Å². The third-order valence-corrected chi connectivity index (χ3v) is 9.96. The standard InChI is InChI=1S/C38H44N4O4/c1-37(2)17-29-18-38(3,23-37)24-42(29)21-30-16-34(27-12-10-26(22-43)11-13-27)46-36(45-30)28-14-8-25(9-15-28)19-40-35(44)33-20-39-31-6-4-5-7-32(31)41-33/h4-15,20,29-30,34,36,43H,16-19,21-24H2,1-3H3,(H,40,44). The molecule has 3 heterocycles. The van der Waals surface area contributed by atoms with Crippen LogP contribution < -0.4 is 5.32 Å². The molecule has 7 rings (SSSR count). The van der Waals surface area contributed by atoms with Crippen molar-refractivity contribution >= 4 is 16.9 Å². The van der Waals surface area contributed by atoms with E-state index in [0.717, 1.165) is 47.3 Å². The Hall–Kier alpha value is -3.69. The number of ether oxygens (including phenoxy) is 2. The number of carbonyl (C=O) groups is 1. The lowest BCUT2D eigenvalue weighted by molar-refractivity contribution is -0.253. The summed E-state index contributed by atoms with van der Waals surface area (Å²) in [6, 6.07) is 24.3. The first kappa shape index (κ1) is 30.9. The normalized spacial score (nSPS) is 27.5. The van der Waals surface area contributed by atoms with E-state index in [4.69, 9.17) is 9.47 Å². The Balaban J connectivity index is 1.04. The summed E-state index contributed by atoms with van der Waals surface area (Å²) >= 11 is 0. The molecule has 3 aliphatic rings. The maximum absolute atomic E-state index is 12.8. The monoisotopic (exact) mass is 620 g/mol. The van der Waals surface area contributed by atoms with Gasteiger partial charge in [0.2, 0.25) is 0 Å². The number of nitrogens with zero attached hydrogens (tertiary/aromatic N) is 3. The Labute approximate surface area is 271 Å². The predicted octanol–water partition coefficient (Wildman–Crippen LogP) is 6.50. The molecule has 2 aliphatic heterocycles. The van der Waals surface area contributed by atoms with E-state index in [1.165, 1.54) is 25.5 Å². The molecule has 1 aliphatic carbocycles. The third-order valence-electron chi connectivity index (χ3n) is 9.96. The highest BCUT2D eigenvalue weighted by atomic mass is 16.7. The van der Waals surface area contributed by atoms with E-state index < -0.39 is 6.29 Å². The zero-order chi connectivity index (χ0) is 31.9. The average Bonchev–Trinajstić information content (AvgIpc) is 3.30. The van der Waals surface area contributed by atoms with E-state index in [9.17, 15) is 9.90 Å². The van der Waals surface area contributed by atoms with Crippen molar-refractivity contribution in [1.29, 1.82) is 0 Å². The third kappa shape index (κ3) is 6.72. The Bertz CT molecular complexity index is 1690. The van der Waals surface area contributed by atoms with Crippen molar-refractivity contribution in [2.75, 3.05) is 13.1 Å². The van der Waals surface area contributed by atoms with E-state index in [2.05, 4.69) is 53.1 Å². The molecule has 3 aromatic carbocycles. The van der Waals surface area contributed by atoms with E-state index >= 15 is 0 Å². The van der Waals surface area contributed by atoms with Gasteiger partial charge >= 0.3 is 0 Å². The van der Waals surface area contributed by atoms with Crippen LogP contribution in [-0.4, -0.2) is 51.1 Å². The number of fused-ring (bicyclic) bond motifs is 3. The van der Waals surface area contributed by atoms with Crippen molar-refractivity contribution in [3.63, 3.8) is 0 Å². The predicted molar refractivity (Wildman–Crippen MR) is 177 cm³/mol. The second kappa shape index (κ2) is 12.5. The van der Waals surface area contributed by atoms with Crippen molar-refractivity contribution in [2.45, 2.75) is 84.1 Å². The summed E-state index contributed by atoms with van der Waals surface area (Å²) in [6.45, 7) is 9.69. The molecule has 4 aromatic rings. The molecule has 0 spiro atoms. The Morgan fingerprint density at radius 2 is 1.65 bits per heavy atom. The lowest BCUT2D eigenvalue weighted by Crippen LogP contribution is -2.42. The molecule has 46 heavy (non-hydrogen) atoms. The maximum Gasteiger partial charge on any atom is 0.271 e. The summed E-state index contributed by atoms with van der Waals surface area (Å²) in [6.07, 6.45) is 5.45. The van der Waals surface area contributed by atoms with Crippen LogP contribution in [-0.2, 0) is 22.6 Å². The highest BCUT2D eigenvalue weighted by Crippen LogP contribution is 2.53. The van der Waals surface area contributed by atoms with Gasteiger partial charge in [-0.15, -0.1) is 0 Å².